The van der Waals surface area contributed by atoms with Gasteiger partial charge in [0.05, 0.1) is 28.8 Å². The molecule has 0 saturated carbocycles. The summed E-state index contributed by atoms with van der Waals surface area (Å²) in [4.78, 5) is 19.8. The van der Waals surface area contributed by atoms with Gasteiger partial charge in [-0.1, -0.05) is 17.7 Å². The first kappa shape index (κ1) is 31.2. The molecular weight excluding hydrogens is 574 g/mol. The van der Waals surface area contributed by atoms with Crippen molar-refractivity contribution in [3.8, 4) is 16.9 Å². The maximum Gasteiger partial charge on any atom is 0.354 e. The SMILES string of the molecule is CC(=N)NCCCN[C@@H](C)c1ccc(-n2cc3cc(-c4cc(CCC(F)(F)CN)cc(Cl)c4F)[nH]c3nc2=O)cc1F. The van der Waals surface area contributed by atoms with E-state index in [4.69, 9.17) is 22.7 Å². The van der Waals surface area contributed by atoms with Gasteiger partial charge in [-0.2, -0.15) is 4.98 Å². The van der Waals surface area contributed by atoms with Crippen LogP contribution in [0.4, 0.5) is 17.6 Å². The quantitative estimate of drug-likeness (QED) is 0.0634. The number of halogens is 5. The molecule has 224 valence electrons. The van der Waals surface area contributed by atoms with E-state index in [-0.39, 0.29) is 40.1 Å². The second-order valence-corrected chi connectivity index (χ2v) is 10.6. The second kappa shape index (κ2) is 13.1. The van der Waals surface area contributed by atoms with E-state index in [1.165, 1.54) is 29.0 Å². The molecule has 0 fully saturated rings. The topological polar surface area (TPSA) is 125 Å². The zero-order valence-electron chi connectivity index (χ0n) is 23.1. The van der Waals surface area contributed by atoms with Crippen molar-refractivity contribution in [1.82, 2.24) is 25.2 Å². The van der Waals surface area contributed by atoms with Gasteiger partial charge in [-0.15, -0.1) is 0 Å². The minimum absolute atomic E-state index is 0.0335. The molecule has 13 heteroatoms. The molecule has 0 amide bonds. The number of rotatable bonds is 12. The van der Waals surface area contributed by atoms with E-state index in [2.05, 4.69) is 20.6 Å². The number of aromatic amines is 1. The molecule has 42 heavy (non-hydrogen) atoms. The molecule has 0 unspecified atom stereocenters. The van der Waals surface area contributed by atoms with Crippen LogP contribution >= 0.6 is 11.6 Å². The number of hydrogen-bond donors (Lipinski definition) is 5. The molecule has 0 bridgehead atoms. The van der Waals surface area contributed by atoms with E-state index in [9.17, 15) is 18.0 Å². The number of hydrogen-bond acceptors (Lipinski definition) is 5. The van der Waals surface area contributed by atoms with E-state index in [0.717, 1.165) is 6.42 Å². The summed E-state index contributed by atoms with van der Waals surface area (Å²) in [5.74, 6) is -3.93. The van der Waals surface area contributed by atoms with Gasteiger partial charge in [0, 0.05) is 41.7 Å². The predicted molar refractivity (Wildman–Crippen MR) is 157 cm³/mol. The zero-order chi connectivity index (χ0) is 30.6. The molecule has 6 N–H and O–H groups in total. The molecule has 8 nitrogen and oxygen atoms in total. The molecule has 1 atom stereocenters. The number of fused-ring (bicyclic) bond motifs is 1. The van der Waals surface area contributed by atoms with Gasteiger partial charge in [0.25, 0.3) is 5.92 Å². The number of nitrogens with one attached hydrogen (secondary N) is 4. The lowest BCUT2D eigenvalue weighted by atomic mass is 10.0. The average molecular weight is 606 g/mol. The van der Waals surface area contributed by atoms with E-state index in [1.807, 2.05) is 6.92 Å². The van der Waals surface area contributed by atoms with Crippen LogP contribution in [0, 0.1) is 17.0 Å². The Hall–Kier alpha value is -3.74. The molecule has 2 aromatic carbocycles. The van der Waals surface area contributed by atoms with Gasteiger partial charge in [0.1, 0.15) is 11.5 Å². The van der Waals surface area contributed by atoms with Crippen LogP contribution in [0.5, 0.6) is 0 Å². The maximum atomic E-state index is 15.1. The van der Waals surface area contributed by atoms with Crippen LogP contribution in [0.2, 0.25) is 5.02 Å². The maximum absolute atomic E-state index is 15.1. The Balaban J connectivity index is 1.57. The molecule has 0 aliphatic rings. The molecule has 0 radical (unpaired) electrons. The lowest BCUT2D eigenvalue weighted by Gasteiger charge is -2.16. The van der Waals surface area contributed by atoms with Crippen molar-refractivity contribution in [2.45, 2.75) is 45.1 Å². The van der Waals surface area contributed by atoms with Gasteiger partial charge in [-0.25, -0.2) is 22.4 Å². The van der Waals surface area contributed by atoms with E-state index in [0.29, 0.717) is 35.4 Å². The third kappa shape index (κ3) is 7.36. The van der Waals surface area contributed by atoms with Gasteiger partial charge in [0.2, 0.25) is 0 Å². The number of aromatic nitrogens is 3. The highest BCUT2D eigenvalue weighted by Crippen LogP contribution is 2.32. The summed E-state index contributed by atoms with van der Waals surface area (Å²) >= 11 is 6.06. The lowest BCUT2D eigenvalue weighted by molar-refractivity contribution is 0.00246. The Kier molecular flexibility index (Phi) is 9.70. The minimum Gasteiger partial charge on any atom is -0.374 e. The van der Waals surface area contributed by atoms with Crippen LogP contribution in [0.3, 0.4) is 0 Å². The molecule has 2 aromatic heterocycles. The summed E-state index contributed by atoms with van der Waals surface area (Å²) in [6.07, 6.45) is 1.62. The largest absolute Gasteiger partial charge is 0.374 e. The van der Waals surface area contributed by atoms with Crippen LogP contribution in [0.25, 0.3) is 28.0 Å². The average Bonchev–Trinajstić information content (AvgIpc) is 3.35. The summed E-state index contributed by atoms with van der Waals surface area (Å²) in [7, 11) is 0. The number of nitrogens with zero attached hydrogens (tertiary/aromatic N) is 2. The van der Waals surface area contributed by atoms with Crippen LogP contribution in [0.15, 0.2) is 47.4 Å². The molecule has 0 spiro atoms. The first-order chi connectivity index (χ1) is 19.9. The van der Waals surface area contributed by atoms with Crippen molar-refractivity contribution < 1.29 is 17.6 Å². The fourth-order valence-electron chi connectivity index (χ4n) is 4.55. The molecular formula is C29H32ClF4N7O. The first-order valence-corrected chi connectivity index (χ1v) is 13.8. The molecule has 2 heterocycles. The van der Waals surface area contributed by atoms with Crippen molar-refractivity contribution in [2.75, 3.05) is 19.6 Å². The number of amidine groups is 1. The first-order valence-electron chi connectivity index (χ1n) is 13.4. The summed E-state index contributed by atoms with van der Waals surface area (Å²) in [6, 6.07) is 8.43. The fraction of sp³-hybridized carbons (Fsp3) is 0.345. The van der Waals surface area contributed by atoms with Crippen molar-refractivity contribution >= 4 is 28.5 Å². The minimum atomic E-state index is -3.06. The third-order valence-corrected chi connectivity index (χ3v) is 7.16. The summed E-state index contributed by atoms with van der Waals surface area (Å²) in [5.41, 5.74) is 5.96. The lowest BCUT2D eigenvalue weighted by Crippen LogP contribution is -2.28. The number of nitrogens with two attached hydrogens (primary N) is 1. The van der Waals surface area contributed by atoms with Gasteiger partial charge in [0.15, 0.2) is 5.82 Å². The van der Waals surface area contributed by atoms with Gasteiger partial charge in [-0.3, -0.25) is 9.98 Å². The smallest absolute Gasteiger partial charge is 0.354 e. The van der Waals surface area contributed by atoms with E-state index in [1.54, 1.807) is 25.1 Å². The van der Waals surface area contributed by atoms with Crippen molar-refractivity contribution in [2.24, 2.45) is 5.73 Å². The summed E-state index contributed by atoms with van der Waals surface area (Å²) < 4.78 is 58.6. The van der Waals surface area contributed by atoms with Crippen LogP contribution < -0.4 is 22.1 Å². The Morgan fingerprint density at radius 2 is 1.98 bits per heavy atom. The van der Waals surface area contributed by atoms with Crippen LogP contribution in [0.1, 0.15) is 43.9 Å². The molecule has 4 aromatic rings. The van der Waals surface area contributed by atoms with Gasteiger partial charge in [-0.05, 0) is 69.1 Å². The van der Waals surface area contributed by atoms with Crippen molar-refractivity contribution in [3.05, 3.63) is 80.9 Å². The highest BCUT2D eigenvalue weighted by atomic mass is 35.5. The molecule has 0 aliphatic heterocycles. The highest BCUT2D eigenvalue weighted by molar-refractivity contribution is 6.31. The van der Waals surface area contributed by atoms with E-state index >= 15 is 4.39 Å². The predicted octanol–water partition coefficient (Wildman–Crippen LogP) is 5.47. The normalized spacial score (nSPS) is 12.6. The van der Waals surface area contributed by atoms with Crippen molar-refractivity contribution in [1.29, 1.82) is 5.41 Å². The zero-order valence-corrected chi connectivity index (χ0v) is 23.9. The number of benzene rings is 2. The highest BCUT2D eigenvalue weighted by Gasteiger charge is 2.26. The summed E-state index contributed by atoms with van der Waals surface area (Å²) in [5, 5.41) is 13.7. The summed E-state index contributed by atoms with van der Waals surface area (Å²) in [6.45, 7) is 3.95. The number of aryl methyl sites for hydroxylation is 1. The van der Waals surface area contributed by atoms with Gasteiger partial charge >= 0.3 is 5.69 Å². The molecule has 0 aliphatic carbocycles. The Morgan fingerprint density at radius 1 is 1.21 bits per heavy atom. The Bertz CT molecular complexity index is 1650. The molecule has 0 saturated heterocycles. The van der Waals surface area contributed by atoms with E-state index < -0.39 is 36.2 Å². The fourth-order valence-corrected chi connectivity index (χ4v) is 4.79. The molecule has 4 rings (SSSR count). The Labute approximate surface area is 244 Å². The Morgan fingerprint density at radius 3 is 2.67 bits per heavy atom. The second-order valence-electron chi connectivity index (χ2n) is 10.2. The third-order valence-electron chi connectivity index (χ3n) is 6.89. The monoisotopic (exact) mass is 605 g/mol. The van der Waals surface area contributed by atoms with Gasteiger partial charge < -0.3 is 21.4 Å². The van der Waals surface area contributed by atoms with Crippen molar-refractivity contribution in [3.63, 3.8) is 0 Å². The van der Waals surface area contributed by atoms with Crippen LogP contribution in [-0.2, 0) is 6.42 Å². The number of H-pyrrole nitrogens is 1. The number of alkyl halides is 2. The van der Waals surface area contributed by atoms with Crippen LogP contribution in [-0.4, -0.2) is 45.9 Å². The standard InChI is InChI=1S/C29H32ClF4N7O/c1-16(37-8-3-9-38-17(2)36)21-5-4-20(13-24(21)31)41-14-19-12-25(39-27(19)40-28(41)42)22-10-18(11-23(30)26(22)32)6-7-29(33,34)15-35/h4-5,10-14,16,37H,3,6-9,15,35H2,1-2H3,(H2,36,38)(H,39,40,42)/t16-/m0/s1.